The van der Waals surface area contributed by atoms with Crippen LogP contribution in [0.4, 0.5) is 11.4 Å². The number of nitrogens with zero attached hydrogens (tertiary/aromatic N) is 2. The summed E-state index contributed by atoms with van der Waals surface area (Å²) in [7, 11) is 0. The van der Waals surface area contributed by atoms with Gasteiger partial charge in [0.25, 0.3) is 5.56 Å². The fraction of sp³-hybridized carbons (Fsp3) is 0.217. The monoisotopic (exact) mass is 465 g/mol. The van der Waals surface area contributed by atoms with Crippen LogP contribution in [-0.2, 0) is 9.59 Å². The summed E-state index contributed by atoms with van der Waals surface area (Å²) >= 11 is 1.05. The van der Waals surface area contributed by atoms with Crippen LogP contribution in [0.15, 0.2) is 58.5 Å². The summed E-state index contributed by atoms with van der Waals surface area (Å²) in [6, 6.07) is 13.4. The first-order valence-corrected chi connectivity index (χ1v) is 11.1. The highest BCUT2D eigenvalue weighted by atomic mass is 32.2. The van der Waals surface area contributed by atoms with Crippen molar-refractivity contribution in [3.63, 3.8) is 0 Å². The van der Waals surface area contributed by atoms with Gasteiger partial charge in [0.1, 0.15) is 0 Å². The number of ketones is 1. The zero-order valence-corrected chi connectivity index (χ0v) is 19.2. The Balaban J connectivity index is 1.71. The standard InChI is InChI=1S/C23H23N5O4S/c1-4-19(30)25-18-8-6-5-7-17(18)20-22(32)26-23(28-27-20)33-14(3)21(31)24-16-11-9-15(10-12-16)13(2)29/h5-12,14H,4H2,1-3H3,(H,24,31)(H,25,30)(H,26,28,32). The van der Waals surface area contributed by atoms with Gasteiger partial charge in [-0.15, -0.1) is 10.2 Å². The van der Waals surface area contributed by atoms with Crippen molar-refractivity contribution in [1.29, 1.82) is 0 Å². The summed E-state index contributed by atoms with van der Waals surface area (Å²) < 4.78 is 0. The van der Waals surface area contributed by atoms with E-state index in [1.807, 2.05) is 0 Å². The number of thioether (sulfide) groups is 1. The van der Waals surface area contributed by atoms with Gasteiger partial charge >= 0.3 is 0 Å². The van der Waals surface area contributed by atoms with Gasteiger partial charge in [-0.1, -0.05) is 36.9 Å². The lowest BCUT2D eigenvalue weighted by Gasteiger charge is -2.12. The second-order valence-corrected chi connectivity index (χ2v) is 8.47. The number of para-hydroxylation sites is 1. The normalized spacial score (nSPS) is 11.5. The lowest BCUT2D eigenvalue weighted by Crippen LogP contribution is -2.23. The fourth-order valence-corrected chi connectivity index (χ4v) is 3.58. The average molecular weight is 466 g/mol. The third-order valence-electron chi connectivity index (χ3n) is 4.67. The van der Waals surface area contributed by atoms with Gasteiger partial charge in [0.05, 0.1) is 10.9 Å². The first-order chi connectivity index (χ1) is 15.8. The van der Waals surface area contributed by atoms with Crippen LogP contribution in [-0.4, -0.2) is 38.0 Å². The third-order valence-corrected chi connectivity index (χ3v) is 5.64. The molecule has 3 rings (SSSR count). The second kappa shape index (κ2) is 10.7. The predicted octanol–water partition coefficient (Wildman–Crippen LogP) is 3.50. The first kappa shape index (κ1) is 23.9. The molecule has 1 heterocycles. The highest BCUT2D eigenvalue weighted by Crippen LogP contribution is 2.25. The van der Waals surface area contributed by atoms with Crippen LogP contribution in [0.1, 0.15) is 37.6 Å². The minimum absolute atomic E-state index is 0.0573. The number of anilines is 2. The smallest absolute Gasteiger partial charge is 0.278 e. The Kier molecular flexibility index (Phi) is 7.73. The molecule has 0 aliphatic heterocycles. The molecule has 33 heavy (non-hydrogen) atoms. The van der Waals surface area contributed by atoms with E-state index in [1.54, 1.807) is 62.4 Å². The Labute approximate surface area is 194 Å². The number of carbonyl (C=O) groups excluding carboxylic acids is 3. The lowest BCUT2D eigenvalue weighted by molar-refractivity contribution is -0.116. The molecule has 0 saturated carbocycles. The van der Waals surface area contributed by atoms with Crippen molar-refractivity contribution in [2.45, 2.75) is 37.6 Å². The van der Waals surface area contributed by atoms with Gasteiger partial charge in [0, 0.05) is 23.2 Å². The van der Waals surface area contributed by atoms with Gasteiger partial charge in [-0.3, -0.25) is 24.2 Å². The number of hydrogen-bond acceptors (Lipinski definition) is 7. The molecule has 0 fully saturated rings. The molecular weight excluding hydrogens is 442 g/mol. The van der Waals surface area contributed by atoms with Gasteiger partial charge in [0.2, 0.25) is 11.8 Å². The van der Waals surface area contributed by atoms with Crippen LogP contribution in [0.3, 0.4) is 0 Å². The molecule has 1 aromatic heterocycles. The molecule has 0 bridgehead atoms. The molecular formula is C23H23N5O4S. The predicted molar refractivity (Wildman–Crippen MR) is 127 cm³/mol. The molecule has 10 heteroatoms. The van der Waals surface area contributed by atoms with E-state index in [4.69, 9.17) is 0 Å². The van der Waals surface area contributed by atoms with Crippen LogP contribution in [0.25, 0.3) is 11.3 Å². The van der Waals surface area contributed by atoms with Gasteiger partial charge in [-0.25, -0.2) is 0 Å². The molecule has 170 valence electrons. The van der Waals surface area contributed by atoms with E-state index in [2.05, 4.69) is 25.8 Å². The van der Waals surface area contributed by atoms with E-state index in [0.717, 1.165) is 11.8 Å². The summed E-state index contributed by atoms with van der Waals surface area (Å²) in [6.07, 6.45) is 0.298. The average Bonchev–Trinajstić information content (AvgIpc) is 2.80. The molecule has 1 unspecified atom stereocenters. The number of carbonyl (C=O) groups is 3. The van der Waals surface area contributed by atoms with Gasteiger partial charge in [0.15, 0.2) is 16.6 Å². The number of aromatic amines is 1. The number of Topliss-reactive ketones (excluding diaryl/α,β-unsaturated/α-hetero) is 1. The number of H-pyrrole nitrogens is 1. The molecule has 2 aromatic carbocycles. The van der Waals surface area contributed by atoms with Crippen LogP contribution in [0, 0.1) is 0 Å². The summed E-state index contributed by atoms with van der Waals surface area (Å²) in [5, 5.41) is 13.2. The summed E-state index contributed by atoms with van der Waals surface area (Å²) in [5.74, 6) is -0.539. The molecule has 0 spiro atoms. The summed E-state index contributed by atoms with van der Waals surface area (Å²) in [4.78, 5) is 51.0. The Bertz CT molecular complexity index is 1240. The molecule has 3 aromatic rings. The van der Waals surface area contributed by atoms with E-state index in [0.29, 0.717) is 28.9 Å². The molecule has 0 radical (unpaired) electrons. The molecule has 0 saturated heterocycles. The van der Waals surface area contributed by atoms with Crippen LogP contribution < -0.4 is 16.2 Å². The van der Waals surface area contributed by atoms with E-state index in [1.165, 1.54) is 6.92 Å². The maximum atomic E-state index is 12.7. The lowest BCUT2D eigenvalue weighted by atomic mass is 10.1. The number of benzene rings is 2. The number of rotatable bonds is 8. The Morgan fingerprint density at radius 2 is 1.73 bits per heavy atom. The number of nitrogens with one attached hydrogen (secondary N) is 3. The molecule has 3 N–H and O–H groups in total. The van der Waals surface area contributed by atoms with Crippen molar-refractivity contribution >= 4 is 40.7 Å². The van der Waals surface area contributed by atoms with Gasteiger partial charge in [-0.2, -0.15) is 0 Å². The van der Waals surface area contributed by atoms with E-state index in [-0.39, 0.29) is 28.4 Å². The minimum Gasteiger partial charge on any atom is -0.325 e. The highest BCUT2D eigenvalue weighted by molar-refractivity contribution is 8.00. The van der Waals surface area contributed by atoms with Crippen LogP contribution in [0.2, 0.25) is 0 Å². The Morgan fingerprint density at radius 3 is 2.36 bits per heavy atom. The highest BCUT2D eigenvalue weighted by Gasteiger charge is 2.18. The van der Waals surface area contributed by atoms with Gasteiger partial charge < -0.3 is 10.6 Å². The topological polar surface area (TPSA) is 134 Å². The maximum Gasteiger partial charge on any atom is 0.278 e. The van der Waals surface area contributed by atoms with Crippen molar-refractivity contribution in [2.75, 3.05) is 10.6 Å². The maximum absolute atomic E-state index is 12.7. The van der Waals surface area contributed by atoms with Crippen LogP contribution >= 0.6 is 11.8 Å². The van der Waals surface area contributed by atoms with Crippen molar-refractivity contribution in [2.24, 2.45) is 0 Å². The van der Waals surface area contributed by atoms with Crippen molar-refractivity contribution in [3.8, 4) is 11.3 Å². The number of aromatic nitrogens is 3. The summed E-state index contributed by atoms with van der Waals surface area (Å²) in [6.45, 7) is 4.88. The SMILES string of the molecule is CCC(=O)Nc1ccccc1-c1nnc(SC(C)C(=O)Nc2ccc(C(C)=O)cc2)[nH]c1=O. The Hall–Kier alpha value is -3.79. The van der Waals surface area contributed by atoms with E-state index < -0.39 is 10.8 Å². The quantitative estimate of drug-likeness (QED) is 0.342. The second-order valence-electron chi connectivity index (χ2n) is 7.14. The Morgan fingerprint density at radius 1 is 1.03 bits per heavy atom. The number of amides is 2. The van der Waals surface area contributed by atoms with Crippen molar-refractivity contribution in [3.05, 3.63) is 64.4 Å². The van der Waals surface area contributed by atoms with Crippen molar-refractivity contribution in [1.82, 2.24) is 15.2 Å². The summed E-state index contributed by atoms with van der Waals surface area (Å²) in [5.41, 5.74) is 1.60. The van der Waals surface area contributed by atoms with E-state index >= 15 is 0 Å². The van der Waals surface area contributed by atoms with E-state index in [9.17, 15) is 19.2 Å². The van der Waals surface area contributed by atoms with Crippen LogP contribution in [0.5, 0.6) is 0 Å². The largest absolute Gasteiger partial charge is 0.325 e. The van der Waals surface area contributed by atoms with Crippen molar-refractivity contribution < 1.29 is 14.4 Å². The molecule has 0 aliphatic carbocycles. The fourth-order valence-electron chi connectivity index (χ4n) is 2.84. The minimum atomic E-state index is -0.579. The zero-order chi connectivity index (χ0) is 24.0. The molecule has 0 aliphatic rings. The molecule has 2 amide bonds. The third kappa shape index (κ3) is 6.13. The zero-order valence-electron chi connectivity index (χ0n) is 18.3. The van der Waals surface area contributed by atoms with Gasteiger partial charge in [-0.05, 0) is 44.2 Å². The number of hydrogen-bond donors (Lipinski definition) is 3. The first-order valence-electron chi connectivity index (χ1n) is 10.2. The molecule has 9 nitrogen and oxygen atoms in total. The molecule has 1 atom stereocenters.